The van der Waals surface area contributed by atoms with Crippen LogP contribution in [0, 0.1) is 11.8 Å². The zero-order valence-corrected chi connectivity index (χ0v) is 12.0. The second-order valence-electron chi connectivity index (χ2n) is 3.13. The number of amides is 1. The van der Waals surface area contributed by atoms with Gasteiger partial charge in [0.25, 0.3) is 0 Å². The standard InChI is InChI=1S/C11H8Cl4N2O/c12-7-4-8(13)11(15)6(10(7)14)2-1-3-17-9(18)5-16/h4H,3,5,16H2,(H,17,18). The topological polar surface area (TPSA) is 55.1 Å². The number of carbonyl (C=O) groups is 1. The Morgan fingerprint density at radius 3 is 2.28 bits per heavy atom. The Morgan fingerprint density at radius 2 is 1.78 bits per heavy atom. The van der Waals surface area contributed by atoms with Crippen LogP contribution in [0.1, 0.15) is 5.56 Å². The second-order valence-corrected chi connectivity index (χ2v) is 4.70. The summed E-state index contributed by atoms with van der Waals surface area (Å²) in [6.45, 7) is 0.0407. The van der Waals surface area contributed by atoms with Crippen LogP contribution in [0.3, 0.4) is 0 Å². The van der Waals surface area contributed by atoms with Crippen molar-refractivity contribution in [3.8, 4) is 11.8 Å². The first-order valence-corrected chi connectivity index (χ1v) is 6.27. The fraction of sp³-hybridized carbons (Fsp3) is 0.182. The number of rotatable bonds is 2. The molecular weight excluding hydrogens is 318 g/mol. The van der Waals surface area contributed by atoms with Gasteiger partial charge < -0.3 is 11.1 Å². The third-order valence-electron chi connectivity index (χ3n) is 1.88. The lowest BCUT2D eigenvalue weighted by molar-refractivity contribution is -0.119. The van der Waals surface area contributed by atoms with E-state index in [9.17, 15) is 4.79 Å². The van der Waals surface area contributed by atoms with Gasteiger partial charge in [0, 0.05) is 0 Å². The third kappa shape index (κ3) is 3.94. The molecule has 0 saturated carbocycles. The molecular formula is C11H8Cl4N2O. The van der Waals surface area contributed by atoms with Gasteiger partial charge >= 0.3 is 0 Å². The van der Waals surface area contributed by atoms with Gasteiger partial charge in [-0.2, -0.15) is 0 Å². The molecule has 0 spiro atoms. The molecule has 1 amide bonds. The summed E-state index contributed by atoms with van der Waals surface area (Å²) < 4.78 is 0. The van der Waals surface area contributed by atoms with Gasteiger partial charge in [-0.15, -0.1) is 0 Å². The summed E-state index contributed by atoms with van der Waals surface area (Å²) in [4.78, 5) is 10.9. The van der Waals surface area contributed by atoms with Gasteiger partial charge in [-0.1, -0.05) is 58.2 Å². The van der Waals surface area contributed by atoms with Crippen molar-refractivity contribution in [1.29, 1.82) is 0 Å². The minimum atomic E-state index is -0.300. The van der Waals surface area contributed by atoms with Crippen LogP contribution in [-0.2, 0) is 4.79 Å². The Labute approximate surface area is 125 Å². The van der Waals surface area contributed by atoms with E-state index in [-0.39, 0.29) is 39.1 Å². The molecule has 0 bridgehead atoms. The van der Waals surface area contributed by atoms with Crippen LogP contribution in [0.5, 0.6) is 0 Å². The maximum atomic E-state index is 10.9. The number of halogens is 4. The maximum Gasteiger partial charge on any atom is 0.234 e. The summed E-state index contributed by atoms with van der Waals surface area (Å²) in [5.74, 6) is 5.08. The van der Waals surface area contributed by atoms with Crippen molar-refractivity contribution >= 4 is 52.3 Å². The van der Waals surface area contributed by atoms with Crippen LogP contribution >= 0.6 is 46.4 Å². The molecule has 0 radical (unpaired) electrons. The Kier molecular flexibility index (Phi) is 6.07. The van der Waals surface area contributed by atoms with E-state index in [1.807, 2.05) is 0 Å². The monoisotopic (exact) mass is 324 g/mol. The van der Waals surface area contributed by atoms with Crippen LogP contribution in [-0.4, -0.2) is 19.0 Å². The highest BCUT2D eigenvalue weighted by Gasteiger charge is 2.11. The molecule has 0 unspecified atom stereocenters. The lowest BCUT2D eigenvalue weighted by atomic mass is 10.2. The summed E-state index contributed by atoms with van der Waals surface area (Å²) in [6.07, 6.45) is 0. The highest BCUT2D eigenvalue weighted by Crippen LogP contribution is 2.36. The highest BCUT2D eigenvalue weighted by molar-refractivity contribution is 6.48. The third-order valence-corrected chi connectivity index (χ3v) is 3.46. The zero-order valence-electron chi connectivity index (χ0n) is 8.99. The van der Waals surface area contributed by atoms with Crippen LogP contribution in [0.25, 0.3) is 0 Å². The number of nitrogens with two attached hydrogens (primary N) is 1. The summed E-state index contributed by atoms with van der Waals surface area (Å²) in [5, 5.41) is 3.46. The van der Waals surface area contributed by atoms with E-state index in [0.717, 1.165) is 0 Å². The normalized spacial score (nSPS) is 9.61. The van der Waals surface area contributed by atoms with E-state index in [2.05, 4.69) is 17.2 Å². The van der Waals surface area contributed by atoms with Crippen molar-refractivity contribution in [2.45, 2.75) is 0 Å². The zero-order chi connectivity index (χ0) is 13.7. The van der Waals surface area contributed by atoms with Gasteiger partial charge in [0.2, 0.25) is 5.91 Å². The largest absolute Gasteiger partial charge is 0.344 e. The molecule has 0 aliphatic carbocycles. The van der Waals surface area contributed by atoms with E-state index < -0.39 is 0 Å². The smallest absolute Gasteiger partial charge is 0.234 e. The predicted octanol–water partition coefficient (Wildman–Crippen LogP) is 2.73. The first kappa shape index (κ1) is 15.4. The van der Waals surface area contributed by atoms with Crippen molar-refractivity contribution in [3.63, 3.8) is 0 Å². The summed E-state index contributed by atoms with van der Waals surface area (Å²) in [6, 6.07) is 1.44. The number of benzene rings is 1. The SMILES string of the molecule is NCC(=O)NCC#Cc1c(Cl)c(Cl)cc(Cl)c1Cl. The van der Waals surface area contributed by atoms with Gasteiger partial charge in [0.15, 0.2) is 0 Å². The van der Waals surface area contributed by atoms with E-state index in [0.29, 0.717) is 5.56 Å². The fourth-order valence-electron chi connectivity index (χ4n) is 1.03. The Bertz CT molecular complexity index is 508. The first-order valence-electron chi connectivity index (χ1n) is 4.76. The maximum absolute atomic E-state index is 10.9. The average Bonchev–Trinajstić information content (AvgIpc) is 2.35. The van der Waals surface area contributed by atoms with Crippen molar-refractivity contribution in [3.05, 3.63) is 31.7 Å². The molecule has 0 heterocycles. The molecule has 0 atom stereocenters. The van der Waals surface area contributed by atoms with Gasteiger partial charge in [0.05, 0.1) is 38.7 Å². The Morgan fingerprint density at radius 1 is 1.22 bits per heavy atom. The van der Waals surface area contributed by atoms with Gasteiger partial charge in [0.1, 0.15) is 0 Å². The fourth-order valence-corrected chi connectivity index (χ4v) is 1.93. The van der Waals surface area contributed by atoms with E-state index in [1.54, 1.807) is 0 Å². The average molecular weight is 326 g/mol. The first-order chi connectivity index (χ1) is 8.47. The van der Waals surface area contributed by atoms with Crippen molar-refractivity contribution in [1.82, 2.24) is 5.32 Å². The van der Waals surface area contributed by atoms with E-state index in [4.69, 9.17) is 52.1 Å². The number of nitrogens with one attached hydrogen (secondary N) is 1. The molecule has 1 aromatic rings. The molecule has 1 aromatic carbocycles. The summed E-state index contributed by atoms with van der Waals surface area (Å²) >= 11 is 23.6. The number of hydrogen-bond donors (Lipinski definition) is 2. The van der Waals surface area contributed by atoms with Crippen molar-refractivity contribution < 1.29 is 4.79 Å². The molecule has 1 rings (SSSR count). The van der Waals surface area contributed by atoms with Gasteiger partial charge in [-0.05, 0) is 6.07 Å². The minimum Gasteiger partial charge on any atom is -0.344 e. The van der Waals surface area contributed by atoms with Crippen molar-refractivity contribution in [2.75, 3.05) is 13.1 Å². The molecule has 0 aromatic heterocycles. The molecule has 0 aliphatic rings. The molecule has 3 nitrogen and oxygen atoms in total. The molecule has 96 valence electrons. The molecule has 0 fully saturated rings. The molecule has 0 saturated heterocycles. The van der Waals surface area contributed by atoms with Crippen LogP contribution < -0.4 is 11.1 Å². The second kappa shape index (κ2) is 7.08. The molecule has 3 N–H and O–H groups in total. The Balaban J connectivity index is 2.91. The Hall–Kier alpha value is -0.630. The molecule has 0 aliphatic heterocycles. The predicted molar refractivity (Wildman–Crippen MR) is 75.4 cm³/mol. The van der Waals surface area contributed by atoms with E-state index >= 15 is 0 Å². The molecule has 7 heteroatoms. The summed E-state index contributed by atoms with van der Waals surface area (Å²) in [5.41, 5.74) is 5.45. The summed E-state index contributed by atoms with van der Waals surface area (Å²) in [7, 11) is 0. The lowest BCUT2D eigenvalue weighted by Crippen LogP contribution is -2.30. The molecule has 18 heavy (non-hydrogen) atoms. The quantitative estimate of drug-likeness (QED) is 0.649. The van der Waals surface area contributed by atoms with Crippen LogP contribution in [0.15, 0.2) is 6.07 Å². The van der Waals surface area contributed by atoms with E-state index in [1.165, 1.54) is 6.07 Å². The van der Waals surface area contributed by atoms with Crippen LogP contribution in [0.4, 0.5) is 0 Å². The van der Waals surface area contributed by atoms with Crippen LogP contribution in [0.2, 0.25) is 20.1 Å². The van der Waals surface area contributed by atoms with Gasteiger partial charge in [-0.3, -0.25) is 4.79 Å². The van der Waals surface area contributed by atoms with Crippen molar-refractivity contribution in [2.24, 2.45) is 5.73 Å². The minimum absolute atomic E-state index is 0.0911. The number of carbonyl (C=O) groups excluding carboxylic acids is 1. The van der Waals surface area contributed by atoms with Gasteiger partial charge in [-0.25, -0.2) is 0 Å². The number of hydrogen-bond acceptors (Lipinski definition) is 2. The highest BCUT2D eigenvalue weighted by atomic mass is 35.5. The lowest BCUT2D eigenvalue weighted by Gasteiger charge is -2.04.